The zero-order valence-corrected chi connectivity index (χ0v) is 13.8. The molecule has 2 nitrogen and oxygen atoms in total. The minimum Gasteiger partial charge on any atom is -0.494 e. The molecule has 0 saturated carbocycles. The highest BCUT2D eigenvalue weighted by Crippen LogP contribution is 2.26. The van der Waals surface area contributed by atoms with Gasteiger partial charge in [-0.2, -0.15) is 0 Å². The molecule has 0 aliphatic rings. The smallest absolute Gasteiger partial charge is 0.119 e. The maximum atomic E-state index is 6.25. The molecule has 2 aromatic rings. The molecule has 0 amide bonds. The SMILES string of the molecule is CCOc1cccc(C(N)CSc2ccc(Br)cc2)c1. The predicted octanol–water partition coefficient (Wildman–Crippen LogP) is 4.64. The first kappa shape index (κ1) is 15.4. The van der Waals surface area contributed by atoms with Crippen molar-refractivity contribution in [3.63, 3.8) is 0 Å². The van der Waals surface area contributed by atoms with E-state index in [0.29, 0.717) is 6.61 Å². The van der Waals surface area contributed by atoms with Gasteiger partial charge in [0.25, 0.3) is 0 Å². The highest BCUT2D eigenvalue weighted by molar-refractivity contribution is 9.10. The van der Waals surface area contributed by atoms with E-state index in [4.69, 9.17) is 10.5 Å². The van der Waals surface area contributed by atoms with E-state index in [0.717, 1.165) is 21.5 Å². The molecule has 0 aliphatic heterocycles. The molecule has 0 bridgehead atoms. The van der Waals surface area contributed by atoms with Gasteiger partial charge in [-0.25, -0.2) is 0 Å². The van der Waals surface area contributed by atoms with Crippen LogP contribution in [0.3, 0.4) is 0 Å². The molecule has 1 atom stereocenters. The van der Waals surface area contributed by atoms with Gasteiger partial charge in [-0.3, -0.25) is 0 Å². The van der Waals surface area contributed by atoms with Gasteiger partial charge in [-0.15, -0.1) is 11.8 Å². The first-order valence-corrected chi connectivity index (χ1v) is 8.33. The van der Waals surface area contributed by atoms with Crippen LogP contribution < -0.4 is 10.5 Å². The van der Waals surface area contributed by atoms with Gasteiger partial charge in [0, 0.05) is 21.2 Å². The van der Waals surface area contributed by atoms with Crippen LogP contribution in [-0.4, -0.2) is 12.4 Å². The van der Waals surface area contributed by atoms with Crippen molar-refractivity contribution in [3.05, 3.63) is 58.6 Å². The van der Waals surface area contributed by atoms with Crippen LogP contribution in [0.4, 0.5) is 0 Å². The number of benzene rings is 2. The summed E-state index contributed by atoms with van der Waals surface area (Å²) < 4.78 is 6.60. The van der Waals surface area contributed by atoms with E-state index >= 15 is 0 Å². The molecule has 0 fully saturated rings. The van der Waals surface area contributed by atoms with E-state index in [1.807, 2.05) is 37.3 Å². The molecule has 0 radical (unpaired) electrons. The molecule has 2 rings (SSSR count). The summed E-state index contributed by atoms with van der Waals surface area (Å²) in [6.45, 7) is 2.66. The Hall–Kier alpha value is -0.970. The van der Waals surface area contributed by atoms with Crippen molar-refractivity contribution in [2.45, 2.75) is 17.9 Å². The number of ether oxygens (including phenoxy) is 1. The summed E-state index contributed by atoms with van der Waals surface area (Å²) in [5.74, 6) is 1.73. The quantitative estimate of drug-likeness (QED) is 0.770. The fourth-order valence-corrected chi connectivity index (χ4v) is 2.97. The van der Waals surface area contributed by atoms with Gasteiger partial charge in [-0.05, 0) is 48.9 Å². The maximum absolute atomic E-state index is 6.25. The average Bonchev–Trinajstić information content (AvgIpc) is 2.47. The van der Waals surface area contributed by atoms with Crippen LogP contribution in [0.5, 0.6) is 5.75 Å². The number of thioether (sulfide) groups is 1. The highest BCUT2D eigenvalue weighted by Gasteiger charge is 2.08. The lowest BCUT2D eigenvalue weighted by Gasteiger charge is -2.13. The summed E-state index contributed by atoms with van der Waals surface area (Å²) in [6.07, 6.45) is 0. The van der Waals surface area contributed by atoms with Crippen LogP contribution in [0.1, 0.15) is 18.5 Å². The highest BCUT2D eigenvalue weighted by atomic mass is 79.9. The third-order valence-corrected chi connectivity index (χ3v) is 4.50. The minimum absolute atomic E-state index is 0.00375. The van der Waals surface area contributed by atoms with Crippen molar-refractivity contribution in [3.8, 4) is 5.75 Å². The summed E-state index contributed by atoms with van der Waals surface area (Å²) >= 11 is 5.20. The average molecular weight is 352 g/mol. The monoisotopic (exact) mass is 351 g/mol. The predicted molar refractivity (Wildman–Crippen MR) is 89.4 cm³/mol. The molecule has 106 valence electrons. The molecule has 0 saturated heterocycles. The van der Waals surface area contributed by atoms with Crippen molar-refractivity contribution in [1.29, 1.82) is 0 Å². The molecule has 4 heteroatoms. The van der Waals surface area contributed by atoms with E-state index in [1.165, 1.54) is 4.90 Å². The Kier molecular flexibility index (Phi) is 5.95. The number of rotatable bonds is 6. The van der Waals surface area contributed by atoms with Crippen LogP contribution in [0.2, 0.25) is 0 Å². The van der Waals surface area contributed by atoms with Crippen molar-refractivity contribution >= 4 is 27.7 Å². The zero-order chi connectivity index (χ0) is 14.4. The van der Waals surface area contributed by atoms with Gasteiger partial charge in [-0.1, -0.05) is 28.1 Å². The summed E-state index contributed by atoms with van der Waals surface area (Å²) in [5.41, 5.74) is 7.36. The molecule has 2 aromatic carbocycles. The zero-order valence-electron chi connectivity index (χ0n) is 11.4. The van der Waals surface area contributed by atoms with E-state index in [9.17, 15) is 0 Å². The van der Waals surface area contributed by atoms with E-state index < -0.39 is 0 Å². The van der Waals surface area contributed by atoms with Crippen LogP contribution in [0.25, 0.3) is 0 Å². The van der Waals surface area contributed by atoms with Gasteiger partial charge in [0.2, 0.25) is 0 Å². The second kappa shape index (κ2) is 7.72. The molecular weight excluding hydrogens is 334 g/mol. The lowest BCUT2D eigenvalue weighted by molar-refractivity contribution is 0.339. The first-order valence-electron chi connectivity index (χ1n) is 6.55. The minimum atomic E-state index is 0.00375. The Bertz CT molecular complexity index is 544. The second-order valence-electron chi connectivity index (χ2n) is 4.38. The summed E-state index contributed by atoms with van der Waals surface area (Å²) in [4.78, 5) is 1.23. The number of hydrogen-bond donors (Lipinski definition) is 1. The number of hydrogen-bond acceptors (Lipinski definition) is 3. The van der Waals surface area contributed by atoms with Gasteiger partial charge < -0.3 is 10.5 Å². The molecule has 20 heavy (non-hydrogen) atoms. The molecule has 1 unspecified atom stereocenters. The largest absolute Gasteiger partial charge is 0.494 e. The molecule has 0 aliphatic carbocycles. The van der Waals surface area contributed by atoms with Crippen LogP contribution in [0.15, 0.2) is 57.9 Å². The lowest BCUT2D eigenvalue weighted by Crippen LogP contribution is -2.13. The Morgan fingerprint density at radius 2 is 1.95 bits per heavy atom. The van der Waals surface area contributed by atoms with Crippen molar-refractivity contribution in [1.82, 2.24) is 0 Å². The van der Waals surface area contributed by atoms with Gasteiger partial charge >= 0.3 is 0 Å². The Balaban J connectivity index is 1.95. The molecule has 2 N–H and O–H groups in total. The molecule has 0 heterocycles. The van der Waals surface area contributed by atoms with Crippen molar-refractivity contribution < 1.29 is 4.74 Å². The molecular formula is C16H18BrNOS. The molecule has 0 aromatic heterocycles. The normalized spacial score (nSPS) is 12.2. The van der Waals surface area contributed by atoms with Crippen molar-refractivity contribution in [2.75, 3.05) is 12.4 Å². The topological polar surface area (TPSA) is 35.2 Å². The fourth-order valence-electron chi connectivity index (χ4n) is 1.81. The van der Waals surface area contributed by atoms with E-state index in [1.54, 1.807) is 11.8 Å². The second-order valence-corrected chi connectivity index (χ2v) is 6.39. The Morgan fingerprint density at radius 3 is 2.65 bits per heavy atom. The third-order valence-electron chi connectivity index (χ3n) is 2.84. The van der Waals surface area contributed by atoms with Gasteiger partial charge in [0.15, 0.2) is 0 Å². The number of nitrogens with two attached hydrogens (primary N) is 1. The van der Waals surface area contributed by atoms with Crippen LogP contribution >= 0.6 is 27.7 Å². The first-order chi connectivity index (χ1) is 9.69. The van der Waals surface area contributed by atoms with Gasteiger partial charge in [0.05, 0.1) is 6.61 Å². The van der Waals surface area contributed by atoms with E-state index in [2.05, 4.69) is 34.1 Å². The summed E-state index contributed by atoms with van der Waals surface area (Å²) in [6, 6.07) is 16.3. The van der Waals surface area contributed by atoms with E-state index in [-0.39, 0.29) is 6.04 Å². The van der Waals surface area contributed by atoms with Crippen molar-refractivity contribution in [2.24, 2.45) is 5.73 Å². The summed E-state index contributed by atoms with van der Waals surface area (Å²) in [5, 5.41) is 0. The third kappa shape index (κ3) is 4.54. The molecule has 0 spiro atoms. The Labute approximate surface area is 132 Å². The number of halogens is 1. The lowest BCUT2D eigenvalue weighted by atomic mass is 10.1. The van der Waals surface area contributed by atoms with Crippen LogP contribution in [0, 0.1) is 0 Å². The van der Waals surface area contributed by atoms with Crippen LogP contribution in [-0.2, 0) is 0 Å². The van der Waals surface area contributed by atoms with Gasteiger partial charge in [0.1, 0.15) is 5.75 Å². The fraction of sp³-hybridized carbons (Fsp3) is 0.250. The summed E-state index contributed by atoms with van der Waals surface area (Å²) in [7, 11) is 0. The standard InChI is InChI=1S/C16H18BrNOS/c1-2-19-14-5-3-4-12(10-14)16(18)11-20-15-8-6-13(17)7-9-15/h3-10,16H,2,11,18H2,1H3. The maximum Gasteiger partial charge on any atom is 0.119 e. The Morgan fingerprint density at radius 1 is 1.20 bits per heavy atom.